The van der Waals surface area contributed by atoms with E-state index < -0.39 is 0 Å². The van der Waals surface area contributed by atoms with Crippen molar-refractivity contribution in [2.45, 2.75) is 20.3 Å². The van der Waals surface area contributed by atoms with Crippen molar-refractivity contribution in [1.82, 2.24) is 9.78 Å². The number of aromatic nitrogens is 2. The average molecular weight is 334 g/mol. The molecule has 0 saturated carbocycles. The molecule has 4 nitrogen and oxygen atoms in total. The van der Waals surface area contributed by atoms with Gasteiger partial charge in [-0.15, -0.1) is 0 Å². The van der Waals surface area contributed by atoms with E-state index >= 15 is 0 Å². The third-order valence-electron chi connectivity index (χ3n) is 3.84. The number of amides is 1. The predicted octanol–water partition coefficient (Wildman–Crippen LogP) is 3.00. The van der Waals surface area contributed by atoms with E-state index in [1.807, 2.05) is 25.8 Å². The highest BCUT2D eigenvalue weighted by Crippen LogP contribution is 2.30. The molecule has 0 N–H and O–H groups in total. The maximum atomic E-state index is 12.7. The zero-order valence-corrected chi connectivity index (χ0v) is 13.4. The largest absolute Gasteiger partial charge is 0.306 e. The molecule has 2 aromatic rings. The van der Waals surface area contributed by atoms with Gasteiger partial charge in [-0.2, -0.15) is 5.10 Å². The number of hydrogen-bond donors (Lipinski definition) is 0. The van der Waals surface area contributed by atoms with Crippen LogP contribution in [0.4, 0.5) is 5.69 Å². The van der Waals surface area contributed by atoms with E-state index in [9.17, 15) is 4.79 Å². The Hall–Kier alpha value is -1.62. The van der Waals surface area contributed by atoms with Crippen LogP contribution < -0.4 is 4.90 Å². The highest BCUT2D eigenvalue weighted by molar-refractivity contribution is 9.10. The number of fused-ring (bicyclic) bond motifs is 1. The Labute approximate surface area is 126 Å². The third kappa shape index (κ3) is 1.97. The maximum absolute atomic E-state index is 12.7. The number of benzene rings is 1. The molecule has 1 amide bonds. The van der Waals surface area contributed by atoms with Crippen LogP contribution in [0.15, 0.2) is 22.8 Å². The van der Waals surface area contributed by atoms with Crippen molar-refractivity contribution < 1.29 is 4.79 Å². The molecule has 0 unspecified atom stereocenters. The lowest BCUT2D eigenvalue weighted by molar-refractivity contribution is 0.0971. The number of carbonyl (C=O) groups is 1. The molecule has 0 fully saturated rings. The van der Waals surface area contributed by atoms with Gasteiger partial charge in [0.05, 0.1) is 6.20 Å². The van der Waals surface area contributed by atoms with Gasteiger partial charge >= 0.3 is 0 Å². The van der Waals surface area contributed by atoms with Crippen LogP contribution in [-0.4, -0.2) is 22.2 Å². The zero-order chi connectivity index (χ0) is 14.4. The molecule has 1 aromatic heterocycles. The summed E-state index contributed by atoms with van der Waals surface area (Å²) >= 11 is 3.53. The summed E-state index contributed by atoms with van der Waals surface area (Å²) in [4.78, 5) is 14.6. The highest BCUT2D eigenvalue weighted by atomic mass is 79.9. The molecule has 5 heteroatoms. The lowest BCUT2D eigenvalue weighted by Gasteiger charge is -2.29. The summed E-state index contributed by atoms with van der Waals surface area (Å²) in [6, 6.07) is 4.13. The maximum Gasteiger partial charge on any atom is 0.276 e. The quantitative estimate of drug-likeness (QED) is 0.804. The molecular formula is C15H16BrN3O. The van der Waals surface area contributed by atoms with Crippen molar-refractivity contribution in [1.29, 1.82) is 0 Å². The van der Waals surface area contributed by atoms with Gasteiger partial charge in [-0.05, 0) is 43.5 Å². The Morgan fingerprint density at radius 1 is 1.25 bits per heavy atom. The molecule has 0 aliphatic carbocycles. The van der Waals surface area contributed by atoms with Crippen LogP contribution in [0.25, 0.3) is 0 Å². The fraction of sp³-hybridized carbons (Fsp3) is 0.333. The van der Waals surface area contributed by atoms with Crippen LogP contribution in [-0.2, 0) is 13.5 Å². The Balaban J connectivity index is 2.07. The van der Waals surface area contributed by atoms with Crippen molar-refractivity contribution in [2.24, 2.45) is 7.05 Å². The summed E-state index contributed by atoms with van der Waals surface area (Å²) in [6.45, 7) is 4.78. The Morgan fingerprint density at radius 3 is 2.75 bits per heavy atom. The summed E-state index contributed by atoms with van der Waals surface area (Å²) in [5.74, 6) is 0.0380. The van der Waals surface area contributed by atoms with Crippen LogP contribution in [0.3, 0.4) is 0 Å². The number of aryl methyl sites for hydroxylation is 3. The van der Waals surface area contributed by atoms with Crippen LogP contribution in [0, 0.1) is 13.8 Å². The second-order valence-corrected chi connectivity index (χ2v) is 6.09. The van der Waals surface area contributed by atoms with Gasteiger partial charge < -0.3 is 4.90 Å². The van der Waals surface area contributed by atoms with Gasteiger partial charge in [-0.3, -0.25) is 9.48 Å². The lowest BCUT2D eigenvalue weighted by Crippen LogP contribution is -2.39. The molecule has 104 valence electrons. The molecule has 20 heavy (non-hydrogen) atoms. The van der Waals surface area contributed by atoms with Gasteiger partial charge in [0.15, 0.2) is 0 Å². The molecule has 3 rings (SSSR count). The van der Waals surface area contributed by atoms with Crippen LogP contribution in [0.5, 0.6) is 0 Å². The predicted molar refractivity (Wildman–Crippen MR) is 82.2 cm³/mol. The van der Waals surface area contributed by atoms with E-state index in [-0.39, 0.29) is 5.91 Å². The standard InChI is InChI=1S/C15H16BrN3O/c1-9-7-13(10(2)6-12(9)16)19-5-4-11-8-17-18(3)14(11)15(19)20/h6-8H,4-5H2,1-3H3. The summed E-state index contributed by atoms with van der Waals surface area (Å²) in [6.07, 6.45) is 2.65. The van der Waals surface area contributed by atoms with Crippen molar-refractivity contribution in [3.05, 3.63) is 45.2 Å². The molecular weight excluding hydrogens is 318 g/mol. The summed E-state index contributed by atoms with van der Waals surface area (Å²) < 4.78 is 2.75. The summed E-state index contributed by atoms with van der Waals surface area (Å²) in [5.41, 5.74) is 4.97. The second-order valence-electron chi connectivity index (χ2n) is 5.24. The molecule has 0 atom stereocenters. The average Bonchev–Trinajstić information content (AvgIpc) is 2.77. The fourth-order valence-electron chi connectivity index (χ4n) is 2.69. The molecule has 1 aliphatic heterocycles. The minimum absolute atomic E-state index is 0.0380. The number of halogens is 1. The van der Waals surface area contributed by atoms with Gasteiger partial charge in [-0.25, -0.2) is 0 Å². The Bertz CT molecular complexity index is 705. The van der Waals surface area contributed by atoms with Gasteiger partial charge in [0.25, 0.3) is 5.91 Å². The SMILES string of the molecule is Cc1cc(N2CCc3cnn(C)c3C2=O)c(C)cc1Br. The molecule has 0 bridgehead atoms. The smallest absolute Gasteiger partial charge is 0.276 e. The van der Waals surface area contributed by atoms with E-state index in [0.29, 0.717) is 12.2 Å². The van der Waals surface area contributed by atoms with Crippen molar-refractivity contribution in [3.63, 3.8) is 0 Å². The molecule has 0 radical (unpaired) electrons. The minimum Gasteiger partial charge on any atom is -0.306 e. The first kappa shape index (κ1) is 13.4. The van der Waals surface area contributed by atoms with Crippen molar-refractivity contribution >= 4 is 27.5 Å². The number of rotatable bonds is 1. The first-order valence-corrected chi connectivity index (χ1v) is 7.38. The topological polar surface area (TPSA) is 38.1 Å². The minimum atomic E-state index is 0.0380. The Kier molecular flexibility index (Phi) is 3.17. The van der Waals surface area contributed by atoms with Crippen molar-refractivity contribution in [3.8, 4) is 0 Å². The Morgan fingerprint density at radius 2 is 2.00 bits per heavy atom. The van der Waals surface area contributed by atoms with Gasteiger partial charge in [0, 0.05) is 29.3 Å². The summed E-state index contributed by atoms with van der Waals surface area (Å²) in [7, 11) is 1.82. The molecule has 2 heterocycles. The molecule has 0 spiro atoms. The first-order valence-electron chi connectivity index (χ1n) is 6.58. The van der Waals surface area contributed by atoms with E-state index in [2.05, 4.69) is 33.2 Å². The van der Waals surface area contributed by atoms with E-state index in [1.54, 1.807) is 10.9 Å². The van der Waals surface area contributed by atoms with Crippen LogP contribution >= 0.6 is 15.9 Å². The fourth-order valence-corrected chi connectivity index (χ4v) is 3.15. The van der Waals surface area contributed by atoms with Crippen LogP contribution in [0.2, 0.25) is 0 Å². The van der Waals surface area contributed by atoms with Gasteiger partial charge in [0.1, 0.15) is 5.69 Å². The van der Waals surface area contributed by atoms with E-state index in [1.165, 1.54) is 0 Å². The number of nitrogens with zero attached hydrogens (tertiary/aromatic N) is 3. The highest BCUT2D eigenvalue weighted by Gasteiger charge is 2.29. The molecule has 0 saturated heterocycles. The van der Waals surface area contributed by atoms with Gasteiger partial charge in [0.2, 0.25) is 0 Å². The van der Waals surface area contributed by atoms with E-state index in [0.717, 1.165) is 33.3 Å². The normalized spacial score (nSPS) is 14.6. The lowest BCUT2D eigenvalue weighted by atomic mass is 10.0. The number of hydrogen-bond acceptors (Lipinski definition) is 2. The monoisotopic (exact) mass is 333 g/mol. The summed E-state index contributed by atoms with van der Waals surface area (Å²) in [5, 5.41) is 4.19. The molecule has 1 aromatic carbocycles. The first-order chi connectivity index (χ1) is 9.49. The molecule has 1 aliphatic rings. The second kappa shape index (κ2) is 4.74. The van der Waals surface area contributed by atoms with Crippen molar-refractivity contribution in [2.75, 3.05) is 11.4 Å². The van der Waals surface area contributed by atoms with Crippen LogP contribution in [0.1, 0.15) is 27.2 Å². The zero-order valence-electron chi connectivity index (χ0n) is 11.8. The van der Waals surface area contributed by atoms with Gasteiger partial charge in [-0.1, -0.05) is 15.9 Å². The third-order valence-corrected chi connectivity index (χ3v) is 4.69. The number of anilines is 1. The van der Waals surface area contributed by atoms with E-state index in [4.69, 9.17) is 0 Å². The number of carbonyl (C=O) groups excluding carboxylic acids is 1.